The first-order valence-corrected chi connectivity index (χ1v) is 6.62. The zero-order chi connectivity index (χ0) is 15.0. The summed E-state index contributed by atoms with van der Waals surface area (Å²) in [4.78, 5) is 38.1. The Bertz CT molecular complexity index is 589. The lowest BCUT2D eigenvalue weighted by molar-refractivity contribution is -0.125. The Morgan fingerprint density at radius 1 is 1.30 bits per heavy atom. The van der Waals surface area contributed by atoms with E-state index in [1.54, 1.807) is 7.05 Å². The van der Waals surface area contributed by atoms with Crippen molar-refractivity contribution in [1.82, 2.24) is 14.4 Å². The summed E-state index contributed by atoms with van der Waals surface area (Å²) in [7, 11) is 1.55. The van der Waals surface area contributed by atoms with Gasteiger partial charge in [-0.2, -0.15) is 0 Å². The third-order valence-corrected chi connectivity index (χ3v) is 3.72. The van der Waals surface area contributed by atoms with Gasteiger partial charge in [0, 0.05) is 30.5 Å². The van der Waals surface area contributed by atoms with Gasteiger partial charge in [0.1, 0.15) is 6.54 Å². The molecule has 1 aromatic heterocycles. The molecule has 20 heavy (non-hydrogen) atoms. The van der Waals surface area contributed by atoms with Crippen molar-refractivity contribution < 1.29 is 14.4 Å². The van der Waals surface area contributed by atoms with Gasteiger partial charge >= 0.3 is 6.03 Å². The van der Waals surface area contributed by atoms with E-state index < -0.39 is 6.03 Å². The number of carbonyl (C=O) groups excluding carboxylic acids is 3. The van der Waals surface area contributed by atoms with Crippen LogP contribution < -0.4 is 0 Å². The Balaban J connectivity index is 2.21. The topological polar surface area (TPSA) is 62.6 Å². The lowest BCUT2D eigenvalue weighted by atomic mass is 10.1. The largest absolute Gasteiger partial charge is 0.349 e. The fraction of sp³-hybridized carbons (Fsp3) is 0.500. The maximum absolute atomic E-state index is 12.3. The molecule has 2 rings (SSSR count). The molecule has 0 N–H and O–H groups in total. The van der Waals surface area contributed by atoms with Crippen LogP contribution >= 0.6 is 0 Å². The van der Waals surface area contributed by atoms with Gasteiger partial charge in [-0.3, -0.25) is 14.5 Å². The molecule has 1 saturated heterocycles. The van der Waals surface area contributed by atoms with E-state index in [1.165, 1.54) is 4.90 Å². The first kappa shape index (κ1) is 14.3. The molecule has 1 aliphatic rings. The van der Waals surface area contributed by atoms with E-state index in [-0.39, 0.29) is 24.8 Å². The minimum absolute atomic E-state index is 0.0418. The summed E-state index contributed by atoms with van der Waals surface area (Å²) in [6.45, 7) is 6.47. The highest BCUT2D eigenvalue weighted by Gasteiger charge is 2.35. The minimum Gasteiger partial charge on any atom is -0.349 e. The molecule has 6 heteroatoms. The van der Waals surface area contributed by atoms with E-state index in [0.717, 1.165) is 22.8 Å². The highest BCUT2D eigenvalue weighted by Crippen LogP contribution is 2.17. The molecule has 1 aromatic rings. The van der Waals surface area contributed by atoms with Crippen molar-refractivity contribution in [1.29, 1.82) is 0 Å². The van der Waals surface area contributed by atoms with Crippen LogP contribution in [0.15, 0.2) is 6.07 Å². The van der Waals surface area contributed by atoms with Gasteiger partial charge in [-0.1, -0.05) is 0 Å². The van der Waals surface area contributed by atoms with E-state index in [9.17, 15) is 14.4 Å². The summed E-state index contributed by atoms with van der Waals surface area (Å²) < 4.78 is 2.03. The normalized spacial score (nSPS) is 15.4. The number of imide groups is 1. The maximum atomic E-state index is 12.3. The van der Waals surface area contributed by atoms with Crippen LogP contribution in [0, 0.1) is 13.8 Å². The van der Waals surface area contributed by atoms with Crippen LogP contribution in [0.4, 0.5) is 4.79 Å². The van der Waals surface area contributed by atoms with Crippen LogP contribution in [-0.2, 0) is 11.3 Å². The number of likely N-dealkylation sites (N-methyl/N-ethyl adjacent to an activating group) is 1. The lowest BCUT2D eigenvalue weighted by Crippen LogP contribution is -2.36. The number of aryl methyl sites for hydroxylation is 1. The molecule has 108 valence electrons. The standard InChI is InChI=1S/C14H19N3O3/c1-5-16-9(2)6-11(10(16)3)12(18)7-17-13(19)8-15(4)14(17)20/h6H,5,7-8H2,1-4H3. The molecule has 1 aliphatic heterocycles. The number of nitrogens with zero attached hydrogens (tertiary/aromatic N) is 3. The second kappa shape index (κ2) is 5.11. The summed E-state index contributed by atoms with van der Waals surface area (Å²) in [5, 5.41) is 0. The number of hydrogen-bond acceptors (Lipinski definition) is 3. The average molecular weight is 277 g/mol. The van der Waals surface area contributed by atoms with Gasteiger partial charge in [-0.05, 0) is 26.8 Å². The van der Waals surface area contributed by atoms with E-state index in [2.05, 4.69) is 0 Å². The first-order chi connectivity index (χ1) is 9.36. The molecule has 2 heterocycles. The van der Waals surface area contributed by atoms with Crippen LogP contribution in [0.25, 0.3) is 0 Å². The number of amides is 3. The SMILES string of the molecule is CCn1c(C)cc(C(=O)CN2C(=O)CN(C)C2=O)c1C. The van der Waals surface area contributed by atoms with Crippen LogP contribution in [0.5, 0.6) is 0 Å². The Morgan fingerprint density at radius 3 is 2.40 bits per heavy atom. The second-order valence-electron chi connectivity index (χ2n) is 5.07. The molecule has 0 bridgehead atoms. The zero-order valence-corrected chi connectivity index (χ0v) is 12.3. The molecule has 6 nitrogen and oxygen atoms in total. The lowest BCUT2D eigenvalue weighted by Gasteiger charge is -2.13. The summed E-state index contributed by atoms with van der Waals surface area (Å²) in [5.41, 5.74) is 2.46. The fourth-order valence-corrected chi connectivity index (χ4v) is 2.62. The van der Waals surface area contributed by atoms with E-state index in [4.69, 9.17) is 0 Å². The van der Waals surface area contributed by atoms with Crippen LogP contribution in [0.3, 0.4) is 0 Å². The third-order valence-electron chi connectivity index (χ3n) is 3.72. The van der Waals surface area contributed by atoms with E-state index in [1.807, 2.05) is 31.4 Å². The first-order valence-electron chi connectivity index (χ1n) is 6.62. The third kappa shape index (κ3) is 2.21. The van der Waals surface area contributed by atoms with Gasteiger partial charge in [0.2, 0.25) is 0 Å². The Hall–Kier alpha value is -2.11. The summed E-state index contributed by atoms with van der Waals surface area (Å²) >= 11 is 0. The van der Waals surface area contributed by atoms with E-state index >= 15 is 0 Å². The van der Waals surface area contributed by atoms with Crippen molar-refractivity contribution in [2.75, 3.05) is 20.1 Å². The van der Waals surface area contributed by atoms with Gasteiger partial charge in [-0.15, -0.1) is 0 Å². The summed E-state index contributed by atoms with van der Waals surface area (Å²) in [6.07, 6.45) is 0. The predicted molar refractivity (Wildman–Crippen MR) is 73.6 cm³/mol. The number of urea groups is 1. The number of ketones is 1. The molecule has 0 saturated carbocycles. The van der Waals surface area contributed by atoms with Gasteiger partial charge in [-0.25, -0.2) is 4.79 Å². The Labute approximate surface area is 117 Å². The molecule has 3 amide bonds. The van der Waals surface area contributed by atoms with Gasteiger partial charge in [0.05, 0.1) is 6.54 Å². The summed E-state index contributed by atoms with van der Waals surface area (Å²) in [6, 6.07) is 1.41. The predicted octanol–water partition coefficient (Wildman–Crippen LogP) is 1.20. The van der Waals surface area contributed by atoms with E-state index in [0.29, 0.717) is 5.56 Å². The maximum Gasteiger partial charge on any atom is 0.327 e. The van der Waals surface area contributed by atoms with Crippen molar-refractivity contribution in [3.8, 4) is 0 Å². The molecule has 0 radical (unpaired) electrons. The Morgan fingerprint density at radius 2 is 1.95 bits per heavy atom. The molecular weight excluding hydrogens is 258 g/mol. The second-order valence-corrected chi connectivity index (χ2v) is 5.07. The molecule has 0 aromatic carbocycles. The van der Waals surface area contributed by atoms with Crippen molar-refractivity contribution in [2.45, 2.75) is 27.3 Å². The van der Waals surface area contributed by atoms with Crippen LogP contribution in [0.1, 0.15) is 28.7 Å². The molecule has 0 aliphatic carbocycles. The monoisotopic (exact) mass is 277 g/mol. The highest BCUT2D eigenvalue weighted by molar-refractivity contribution is 6.08. The molecule has 0 atom stereocenters. The molecule has 1 fully saturated rings. The molecule has 0 spiro atoms. The number of rotatable bonds is 4. The number of aromatic nitrogens is 1. The molecule has 0 unspecified atom stereocenters. The number of carbonyl (C=O) groups is 3. The quantitative estimate of drug-likeness (QED) is 0.613. The molecular formula is C14H19N3O3. The minimum atomic E-state index is -0.410. The van der Waals surface area contributed by atoms with Gasteiger partial charge in [0.25, 0.3) is 5.91 Å². The fourth-order valence-electron chi connectivity index (χ4n) is 2.62. The van der Waals surface area contributed by atoms with Crippen molar-refractivity contribution >= 4 is 17.7 Å². The number of hydrogen-bond donors (Lipinski definition) is 0. The smallest absolute Gasteiger partial charge is 0.327 e. The van der Waals surface area contributed by atoms with Crippen molar-refractivity contribution in [2.24, 2.45) is 0 Å². The average Bonchev–Trinajstić information content (AvgIpc) is 2.80. The zero-order valence-electron chi connectivity index (χ0n) is 12.3. The summed E-state index contributed by atoms with van der Waals surface area (Å²) in [5.74, 6) is -0.523. The van der Waals surface area contributed by atoms with Crippen molar-refractivity contribution in [3.63, 3.8) is 0 Å². The van der Waals surface area contributed by atoms with Crippen LogP contribution in [-0.4, -0.2) is 52.2 Å². The highest BCUT2D eigenvalue weighted by atomic mass is 16.2. The number of Topliss-reactive ketones (excluding diaryl/α,β-unsaturated/α-hetero) is 1. The van der Waals surface area contributed by atoms with Gasteiger partial charge < -0.3 is 9.47 Å². The van der Waals surface area contributed by atoms with Crippen molar-refractivity contribution in [3.05, 3.63) is 23.0 Å². The Kier molecular flexibility index (Phi) is 3.65. The van der Waals surface area contributed by atoms with Crippen LogP contribution in [0.2, 0.25) is 0 Å². The van der Waals surface area contributed by atoms with Gasteiger partial charge in [0.15, 0.2) is 5.78 Å².